The summed E-state index contributed by atoms with van der Waals surface area (Å²) in [5.74, 6) is 4.15. The number of ether oxygens (including phenoxy) is 2. The molecule has 0 bridgehead atoms. The molecule has 0 saturated carbocycles. The molecule has 18 heavy (non-hydrogen) atoms. The molecule has 2 aliphatic rings. The predicted molar refractivity (Wildman–Crippen MR) is 74.5 cm³/mol. The molecule has 3 nitrogen and oxygen atoms in total. The molecule has 0 amide bonds. The van der Waals surface area contributed by atoms with Gasteiger partial charge in [0.2, 0.25) is 0 Å². The molecular formula is C14H19NO2S. The van der Waals surface area contributed by atoms with Crippen LogP contribution in [0.25, 0.3) is 0 Å². The molecule has 1 spiro atoms. The summed E-state index contributed by atoms with van der Waals surface area (Å²) in [6.07, 6.45) is 3.14. The Balaban J connectivity index is 1.92. The molecule has 0 unspecified atom stereocenters. The van der Waals surface area contributed by atoms with Gasteiger partial charge in [0, 0.05) is 18.0 Å². The largest absolute Gasteiger partial charge is 0.497 e. The van der Waals surface area contributed by atoms with Crippen LogP contribution in [-0.4, -0.2) is 24.2 Å². The van der Waals surface area contributed by atoms with Gasteiger partial charge in [-0.2, -0.15) is 11.8 Å². The van der Waals surface area contributed by atoms with E-state index in [-0.39, 0.29) is 11.6 Å². The van der Waals surface area contributed by atoms with Crippen LogP contribution in [0.2, 0.25) is 0 Å². The van der Waals surface area contributed by atoms with E-state index in [1.807, 2.05) is 30.0 Å². The molecule has 1 fully saturated rings. The van der Waals surface area contributed by atoms with Crippen molar-refractivity contribution < 1.29 is 9.47 Å². The number of thioether (sulfide) groups is 1. The van der Waals surface area contributed by atoms with E-state index in [1.54, 1.807) is 7.11 Å². The Bertz CT molecular complexity index is 443. The van der Waals surface area contributed by atoms with Crippen LogP contribution >= 0.6 is 11.8 Å². The number of hydrogen-bond acceptors (Lipinski definition) is 4. The molecule has 1 atom stereocenters. The standard InChI is InChI=1S/C14H19NO2S/c1-16-10-2-3-13-11(8-10)12(15)9-14(17-13)4-6-18-7-5-14/h2-3,8,12H,4-7,9,15H2,1H3/t12-/m0/s1. The summed E-state index contributed by atoms with van der Waals surface area (Å²) in [6.45, 7) is 0. The highest BCUT2D eigenvalue weighted by molar-refractivity contribution is 7.99. The van der Waals surface area contributed by atoms with Gasteiger partial charge in [-0.05, 0) is 42.5 Å². The Morgan fingerprint density at radius 1 is 1.39 bits per heavy atom. The fraction of sp³-hybridized carbons (Fsp3) is 0.571. The summed E-state index contributed by atoms with van der Waals surface area (Å²) < 4.78 is 11.5. The van der Waals surface area contributed by atoms with Crippen molar-refractivity contribution >= 4 is 11.8 Å². The minimum absolute atomic E-state index is 0.0216. The van der Waals surface area contributed by atoms with Gasteiger partial charge in [0.1, 0.15) is 17.1 Å². The highest BCUT2D eigenvalue weighted by Gasteiger charge is 2.40. The van der Waals surface area contributed by atoms with Crippen LogP contribution in [-0.2, 0) is 0 Å². The Morgan fingerprint density at radius 3 is 2.89 bits per heavy atom. The fourth-order valence-corrected chi connectivity index (χ4v) is 4.11. The molecular weight excluding hydrogens is 246 g/mol. The molecule has 0 radical (unpaired) electrons. The van der Waals surface area contributed by atoms with E-state index in [1.165, 1.54) is 11.5 Å². The van der Waals surface area contributed by atoms with Gasteiger partial charge in [0.15, 0.2) is 0 Å². The van der Waals surface area contributed by atoms with E-state index in [0.717, 1.165) is 36.3 Å². The first-order valence-electron chi connectivity index (χ1n) is 6.43. The van der Waals surface area contributed by atoms with E-state index in [4.69, 9.17) is 15.2 Å². The predicted octanol–water partition coefficient (Wildman–Crippen LogP) is 2.74. The summed E-state index contributed by atoms with van der Waals surface area (Å²) in [5, 5.41) is 0. The number of hydrogen-bond donors (Lipinski definition) is 1. The summed E-state index contributed by atoms with van der Waals surface area (Å²) in [4.78, 5) is 0. The lowest BCUT2D eigenvalue weighted by Gasteiger charge is -2.43. The number of rotatable bonds is 1. The van der Waals surface area contributed by atoms with E-state index in [0.29, 0.717) is 0 Å². The van der Waals surface area contributed by atoms with Crippen molar-refractivity contribution in [1.82, 2.24) is 0 Å². The van der Waals surface area contributed by atoms with Gasteiger partial charge >= 0.3 is 0 Å². The molecule has 2 aliphatic heterocycles. The Morgan fingerprint density at radius 2 is 2.17 bits per heavy atom. The molecule has 0 aliphatic carbocycles. The van der Waals surface area contributed by atoms with Crippen LogP contribution in [0, 0.1) is 0 Å². The second-order valence-corrected chi connectivity index (χ2v) is 6.34. The third kappa shape index (κ3) is 2.08. The maximum atomic E-state index is 6.33. The Kier molecular flexibility index (Phi) is 3.16. The van der Waals surface area contributed by atoms with Crippen molar-refractivity contribution in [1.29, 1.82) is 0 Å². The smallest absolute Gasteiger partial charge is 0.125 e. The van der Waals surface area contributed by atoms with Gasteiger partial charge in [-0.25, -0.2) is 0 Å². The van der Waals surface area contributed by atoms with Gasteiger partial charge < -0.3 is 15.2 Å². The minimum atomic E-state index is -0.0216. The summed E-state index contributed by atoms with van der Waals surface area (Å²) in [7, 11) is 1.68. The second-order valence-electron chi connectivity index (χ2n) is 5.11. The van der Waals surface area contributed by atoms with Crippen molar-refractivity contribution in [3.63, 3.8) is 0 Å². The van der Waals surface area contributed by atoms with Gasteiger partial charge in [0.25, 0.3) is 0 Å². The highest BCUT2D eigenvalue weighted by Crippen LogP contribution is 2.45. The summed E-state index contributed by atoms with van der Waals surface area (Å²) in [6, 6.07) is 6.01. The van der Waals surface area contributed by atoms with E-state index >= 15 is 0 Å². The van der Waals surface area contributed by atoms with Gasteiger partial charge in [-0.1, -0.05) is 0 Å². The van der Waals surface area contributed by atoms with Crippen LogP contribution in [0.4, 0.5) is 0 Å². The van der Waals surface area contributed by atoms with Crippen molar-refractivity contribution in [2.45, 2.75) is 30.9 Å². The zero-order chi connectivity index (χ0) is 12.6. The Labute approximate surface area is 112 Å². The first-order valence-corrected chi connectivity index (χ1v) is 7.58. The fourth-order valence-electron chi connectivity index (χ4n) is 2.87. The molecule has 4 heteroatoms. The van der Waals surface area contributed by atoms with Gasteiger partial charge in [-0.15, -0.1) is 0 Å². The van der Waals surface area contributed by atoms with Crippen LogP contribution in [0.3, 0.4) is 0 Å². The Hall–Kier alpha value is -0.870. The van der Waals surface area contributed by atoms with Crippen molar-refractivity contribution in [3.05, 3.63) is 23.8 Å². The maximum absolute atomic E-state index is 6.33. The van der Waals surface area contributed by atoms with Crippen molar-refractivity contribution in [2.24, 2.45) is 5.73 Å². The molecule has 3 rings (SSSR count). The number of fused-ring (bicyclic) bond motifs is 1. The topological polar surface area (TPSA) is 44.5 Å². The quantitative estimate of drug-likeness (QED) is 0.848. The lowest BCUT2D eigenvalue weighted by Crippen LogP contribution is -2.45. The molecule has 1 aromatic rings. The average molecular weight is 265 g/mol. The van der Waals surface area contributed by atoms with Crippen LogP contribution in [0.5, 0.6) is 11.5 Å². The SMILES string of the molecule is COc1ccc2c(c1)[C@@H](N)CC1(CCSCC1)O2. The minimum Gasteiger partial charge on any atom is -0.497 e. The van der Waals surface area contributed by atoms with Gasteiger partial charge in [-0.3, -0.25) is 0 Å². The first-order chi connectivity index (χ1) is 8.72. The van der Waals surface area contributed by atoms with Crippen LogP contribution < -0.4 is 15.2 Å². The summed E-state index contributed by atoms with van der Waals surface area (Å²) >= 11 is 2.01. The molecule has 2 heterocycles. The average Bonchev–Trinajstić information content (AvgIpc) is 2.39. The molecule has 1 aromatic carbocycles. The third-order valence-electron chi connectivity index (χ3n) is 3.94. The van der Waals surface area contributed by atoms with Crippen molar-refractivity contribution in [2.75, 3.05) is 18.6 Å². The van der Waals surface area contributed by atoms with E-state index in [9.17, 15) is 0 Å². The zero-order valence-corrected chi connectivity index (χ0v) is 11.5. The van der Waals surface area contributed by atoms with Crippen molar-refractivity contribution in [3.8, 4) is 11.5 Å². The first kappa shape index (κ1) is 12.2. The third-order valence-corrected chi connectivity index (χ3v) is 4.92. The van der Waals surface area contributed by atoms with E-state index < -0.39 is 0 Å². The maximum Gasteiger partial charge on any atom is 0.125 e. The molecule has 1 saturated heterocycles. The lowest BCUT2D eigenvalue weighted by atomic mass is 9.83. The highest BCUT2D eigenvalue weighted by atomic mass is 32.2. The molecule has 98 valence electrons. The van der Waals surface area contributed by atoms with Crippen LogP contribution in [0.15, 0.2) is 18.2 Å². The lowest BCUT2D eigenvalue weighted by molar-refractivity contribution is 0.0278. The van der Waals surface area contributed by atoms with Crippen LogP contribution in [0.1, 0.15) is 30.9 Å². The number of nitrogens with two attached hydrogens (primary N) is 1. The number of methoxy groups -OCH3 is 1. The normalized spacial score (nSPS) is 25.3. The summed E-state index contributed by atoms with van der Waals surface area (Å²) in [5.41, 5.74) is 7.39. The zero-order valence-electron chi connectivity index (χ0n) is 10.6. The van der Waals surface area contributed by atoms with E-state index in [2.05, 4.69) is 0 Å². The molecule has 2 N–H and O–H groups in total. The van der Waals surface area contributed by atoms with Gasteiger partial charge in [0.05, 0.1) is 7.11 Å². The second kappa shape index (κ2) is 4.67. The molecule has 0 aromatic heterocycles. The monoisotopic (exact) mass is 265 g/mol. The number of benzene rings is 1.